The number of rotatable bonds is 15. The third-order valence-corrected chi connectivity index (χ3v) is 9.77. The number of hydrogen-bond donors (Lipinski definition) is 1. The zero-order chi connectivity index (χ0) is 33.1. The number of anilines is 1. The number of carbonyl (C=O) groups excluding carboxylic acids is 2. The molecule has 4 aromatic carbocycles. The van der Waals surface area contributed by atoms with Crippen molar-refractivity contribution >= 4 is 39.1 Å². The minimum atomic E-state index is -4.20. The molecule has 0 unspecified atom stereocenters. The van der Waals surface area contributed by atoms with Gasteiger partial charge in [-0.05, 0) is 73.9 Å². The lowest BCUT2D eigenvalue weighted by Crippen LogP contribution is -2.54. The minimum absolute atomic E-state index is 0.00750. The van der Waals surface area contributed by atoms with Crippen LogP contribution < -0.4 is 14.4 Å². The third kappa shape index (κ3) is 8.89. The molecule has 0 aliphatic heterocycles. The lowest BCUT2D eigenvalue weighted by molar-refractivity contribution is -0.140. The first-order valence-corrected chi connectivity index (χ1v) is 17.1. The summed E-state index contributed by atoms with van der Waals surface area (Å²) in [7, 11) is -4.20. The summed E-state index contributed by atoms with van der Waals surface area (Å²) in [6.45, 7) is 5.60. The number of carbonyl (C=O) groups is 2. The number of benzene rings is 4. The van der Waals surface area contributed by atoms with Crippen molar-refractivity contribution in [3.05, 3.63) is 125 Å². The van der Waals surface area contributed by atoms with E-state index in [-0.39, 0.29) is 35.5 Å². The highest BCUT2D eigenvalue weighted by Gasteiger charge is 2.35. The molecule has 0 fully saturated rings. The molecular formula is C36H40ClN3O5S. The van der Waals surface area contributed by atoms with Crippen LogP contribution >= 0.6 is 11.6 Å². The molecule has 0 aliphatic carbocycles. The second kappa shape index (κ2) is 16.3. The number of ether oxygens (including phenoxy) is 1. The SMILES string of the molecule is CCOc1ccc(N(CC(=O)N(Cc2ccccc2Cl)[C@@H](Cc2ccccc2)C(=O)N[C@H](C)CC)S(=O)(=O)c2ccccc2)cc1. The quantitative estimate of drug-likeness (QED) is 0.157. The fourth-order valence-corrected chi connectivity index (χ4v) is 6.56. The Morgan fingerprint density at radius 1 is 0.848 bits per heavy atom. The van der Waals surface area contributed by atoms with Crippen molar-refractivity contribution in [1.82, 2.24) is 10.2 Å². The van der Waals surface area contributed by atoms with E-state index in [1.807, 2.05) is 51.1 Å². The molecule has 242 valence electrons. The van der Waals surface area contributed by atoms with E-state index in [0.29, 0.717) is 29.4 Å². The fourth-order valence-electron chi connectivity index (χ4n) is 4.93. The van der Waals surface area contributed by atoms with Gasteiger partial charge in [0.2, 0.25) is 11.8 Å². The van der Waals surface area contributed by atoms with Gasteiger partial charge in [0.05, 0.1) is 17.2 Å². The van der Waals surface area contributed by atoms with Crippen LogP contribution in [0.15, 0.2) is 114 Å². The van der Waals surface area contributed by atoms with Crippen molar-refractivity contribution in [2.75, 3.05) is 17.5 Å². The number of halogens is 1. The Bertz CT molecular complexity index is 1690. The first kappa shape index (κ1) is 34.5. The summed E-state index contributed by atoms with van der Waals surface area (Å²) in [6.07, 6.45) is 0.914. The highest BCUT2D eigenvalue weighted by molar-refractivity contribution is 7.92. The summed E-state index contributed by atoms with van der Waals surface area (Å²) < 4.78 is 34.9. The molecule has 2 amide bonds. The van der Waals surface area contributed by atoms with Crippen LogP contribution in [0.1, 0.15) is 38.3 Å². The second-order valence-corrected chi connectivity index (χ2v) is 13.2. The maximum Gasteiger partial charge on any atom is 0.264 e. The molecule has 0 heterocycles. The van der Waals surface area contributed by atoms with Crippen molar-refractivity contribution in [1.29, 1.82) is 0 Å². The smallest absolute Gasteiger partial charge is 0.264 e. The maximum absolute atomic E-state index is 14.6. The molecule has 0 spiro atoms. The van der Waals surface area contributed by atoms with Gasteiger partial charge in [0.15, 0.2) is 0 Å². The summed E-state index contributed by atoms with van der Waals surface area (Å²) in [5.74, 6) is -0.328. The standard InChI is InChI=1S/C36H40ClN3O5S/c1-4-27(3)38-36(42)34(24-28-14-8-6-9-15-28)39(25-29-16-12-13-19-33(29)37)35(41)26-40(30-20-22-31(23-21-30)45-5-2)46(43,44)32-17-10-7-11-18-32/h6-23,27,34H,4-5,24-26H2,1-3H3,(H,38,42)/t27-,34+/m1/s1. The molecule has 1 N–H and O–H groups in total. The van der Waals surface area contributed by atoms with Crippen LogP contribution in [-0.4, -0.2) is 50.4 Å². The molecule has 0 aliphatic rings. The van der Waals surface area contributed by atoms with Crippen LogP contribution in [0.5, 0.6) is 5.75 Å². The molecule has 0 saturated carbocycles. The Morgan fingerprint density at radius 3 is 2.07 bits per heavy atom. The van der Waals surface area contributed by atoms with Crippen LogP contribution in [0, 0.1) is 0 Å². The zero-order valence-corrected chi connectivity index (χ0v) is 27.9. The van der Waals surface area contributed by atoms with E-state index in [9.17, 15) is 18.0 Å². The lowest BCUT2D eigenvalue weighted by atomic mass is 10.0. The molecular weight excluding hydrogens is 622 g/mol. The Morgan fingerprint density at radius 2 is 1.46 bits per heavy atom. The van der Waals surface area contributed by atoms with E-state index in [2.05, 4.69) is 5.32 Å². The molecule has 4 rings (SSSR count). The molecule has 0 saturated heterocycles. The lowest BCUT2D eigenvalue weighted by Gasteiger charge is -2.34. The number of hydrogen-bond acceptors (Lipinski definition) is 5. The fraction of sp³-hybridized carbons (Fsp3) is 0.278. The highest BCUT2D eigenvalue weighted by atomic mass is 35.5. The van der Waals surface area contributed by atoms with Crippen LogP contribution in [0.3, 0.4) is 0 Å². The Hall–Kier alpha value is -4.34. The van der Waals surface area contributed by atoms with Gasteiger partial charge in [-0.2, -0.15) is 0 Å². The molecule has 2 atom stereocenters. The van der Waals surface area contributed by atoms with Gasteiger partial charge in [0, 0.05) is 24.0 Å². The molecule has 0 radical (unpaired) electrons. The summed E-state index contributed by atoms with van der Waals surface area (Å²) in [5.41, 5.74) is 1.76. The number of amides is 2. The summed E-state index contributed by atoms with van der Waals surface area (Å²) >= 11 is 6.56. The van der Waals surface area contributed by atoms with Crippen LogP contribution in [-0.2, 0) is 32.6 Å². The van der Waals surface area contributed by atoms with Gasteiger partial charge < -0.3 is 15.0 Å². The first-order valence-electron chi connectivity index (χ1n) is 15.3. The average molecular weight is 662 g/mol. The maximum atomic E-state index is 14.6. The van der Waals surface area contributed by atoms with E-state index >= 15 is 0 Å². The minimum Gasteiger partial charge on any atom is -0.494 e. The average Bonchev–Trinajstić information content (AvgIpc) is 3.07. The van der Waals surface area contributed by atoms with E-state index in [1.165, 1.54) is 17.0 Å². The third-order valence-electron chi connectivity index (χ3n) is 7.62. The summed E-state index contributed by atoms with van der Waals surface area (Å²) in [4.78, 5) is 30.0. The molecule has 10 heteroatoms. The highest BCUT2D eigenvalue weighted by Crippen LogP contribution is 2.27. The molecule has 4 aromatic rings. The predicted molar refractivity (Wildman–Crippen MR) is 182 cm³/mol. The van der Waals surface area contributed by atoms with Crippen molar-refractivity contribution in [3.8, 4) is 5.75 Å². The van der Waals surface area contributed by atoms with Gasteiger partial charge in [-0.1, -0.05) is 85.3 Å². The van der Waals surface area contributed by atoms with Crippen LogP contribution in [0.2, 0.25) is 5.02 Å². The van der Waals surface area contributed by atoms with E-state index in [1.54, 1.807) is 66.7 Å². The zero-order valence-electron chi connectivity index (χ0n) is 26.3. The summed E-state index contributed by atoms with van der Waals surface area (Å²) in [5, 5.41) is 3.47. The van der Waals surface area contributed by atoms with Gasteiger partial charge in [-0.3, -0.25) is 13.9 Å². The largest absolute Gasteiger partial charge is 0.494 e. The van der Waals surface area contributed by atoms with E-state index in [4.69, 9.17) is 16.3 Å². The topological polar surface area (TPSA) is 96.0 Å². The summed E-state index contributed by atoms with van der Waals surface area (Å²) in [6, 6.07) is 29.9. The Kier molecular flexibility index (Phi) is 12.2. The van der Waals surface area contributed by atoms with Crippen molar-refractivity contribution in [2.24, 2.45) is 0 Å². The Labute approximate surface area is 277 Å². The van der Waals surface area contributed by atoms with E-state index in [0.717, 1.165) is 9.87 Å². The number of nitrogens with one attached hydrogen (secondary N) is 1. The molecule has 0 bridgehead atoms. The van der Waals surface area contributed by atoms with Gasteiger partial charge in [-0.25, -0.2) is 8.42 Å². The first-order chi connectivity index (χ1) is 22.1. The van der Waals surface area contributed by atoms with Gasteiger partial charge in [0.25, 0.3) is 10.0 Å². The molecule has 8 nitrogen and oxygen atoms in total. The van der Waals surface area contributed by atoms with Crippen LogP contribution in [0.4, 0.5) is 5.69 Å². The number of sulfonamides is 1. The molecule has 46 heavy (non-hydrogen) atoms. The van der Waals surface area contributed by atoms with Crippen molar-refractivity contribution in [2.45, 2.75) is 57.1 Å². The van der Waals surface area contributed by atoms with Crippen molar-refractivity contribution < 1.29 is 22.7 Å². The molecule has 0 aromatic heterocycles. The van der Waals surface area contributed by atoms with Gasteiger partial charge in [0.1, 0.15) is 18.3 Å². The second-order valence-electron chi connectivity index (χ2n) is 10.9. The number of nitrogens with zero attached hydrogens (tertiary/aromatic N) is 2. The van der Waals surface area contributed by atoms with Crippen molar-refractivity contribution in [3.63, 3.8) is 0 Å². The monoisotopic (exact) mass is 661 g/mol. The van der Waals surface area contributed by atoms with E-state index < -0.39 is 28.5 Å². The Balaban J connectivity index is 1.81. The normalized spacial score (nSPS) is 12.5. The predicted octanol–water partition coefficient (Wildman–Crippen LogP) is 6.49. The van der Waals surface area contributed by atoms with Gasteiger partial charge in [-0.15, -0.1) is 0 Å². The van der Waals surface area contributed by atoms with Gasteiger partial charge >= 0.3 is 0 Å². The van der Waals surface area contributed by atoms with Crippen LogP contribution in [0.25, 0.3) is 0 Å².